The van der Waals surface area contributed by atoms with Crippen molar-refractivity contribution in [1.82, 2.24) is 14.8 Å². The van der Waals surface area contributed by atoms with Gasteiger partial charge in [-0.25, -0.2) is 4.98 Å². The monoisotopic (exact) mass is 321 g/mol. The first kappa shape index (κ1) is 15.7. The smallest absolute Gasteiger partial charge is 0.246 e. The lowest BCUT2D eigenvalue weighted by molar-refractivity contribution is -0.116. The molecular weight excluding hydrogens is 302 g/mol. The van der Waals surface area contributed by atoms with Crippen molar-refractivity contribution in [2.45, 2.75) is 20.0 Å². The lowest BCUT2D eigenvalue weighted by Crippen LogP contribution is -2.19. The van der Waals surface area contributed by atoms with E-state index < -0.39 is 0 Å². The molecule has 0 spiro atoms. The van der Waals surface area contributed by atoms with E-state index in [-0.39, 0.29) is 12.5 Å². The fraction of sp³-hybridized carbons (Fsp3) is 0.167. The number of rotatable bonds is 6. The van der Waals surface area contributed by atoms with Crippen molar-refractivity contribution < 1.29 is 4.79 Å². The maximum Gasteiger partial charge on any atom is 0.246 e. The van der Waals surface area contributed by atoms with Gasteiger partial charge in [0, 0.05) is 30.3 Å². The fourth-order valence-corrected chi connectivity index (χ4v) is 2.33. The number of anilines is 2. The average Bonchev–Trinajstić information content (AvgIpc) is 3.06. The summed E-state index contributed by atoms with van der Waals surface area (Å²) in [5.74, 6) is 0.729. The molecule has 1 aromatic carbocycles. The largest absolute Gasteiger partial charge is 0.366 e. The third kappa shape index (κ3) is 4.42. The minimum atomic E-state index is -0.107. The van der Waals surface area contributed by atoms with Gasteiger partial charge in [0.2, 0.25) is 5.91 Å². The second-order valence-corrected chi connectivity index (χ2v) is 5.47. The number of aromatic nitrogens is 3. The Kier molecular flexibility index (Phi) is 4.86. The quantitative estimate of drug-likeness (QED) is 0.732. The van der Waals surface area contributed by atoms with E-state index >= 15 is 0 Å². The molecule has 0 aliphatic carbocycles. The van der Waals surface area contributed by atoms with Crippen LogP contribution in [0.2, 0.25) is 0 Å². The summed E-state index contributed by atoms with van der Waals surface area (Å²) in [5, 5.41) is 10.2. The van der Waals surface area contributed by atoms with E-state index in [1.54, 1.807) is 23.1 Å². The highest BCUT2D eigenvalue weighted by molar-refractivity contribution is 5.90. The third-order valence-electron chi connectivity index (χ3n) is 3.44. The number of aryl methyl sites for hydroxylation is 1. The van der Waals surface area contributed by atoms with Gasteiger partial charge in [-0.2, -0.15) is 5.10 Å². The normalized spacial score (nSPS) is 10.4. The van der Waals surface area contributed by atoms with Crippen LogP contribution in [0.1, 0.15) is 11.3 Å². The molecule has 3 aromatic rings. The summed E-state index contributed by atoms with van der Waals surface area (Å²) in [7, 11) is 0. The van der Waals surface area contributed by atoms with Gasteiger partial charge in [-0.3, -0.25) is 9.48 Å². The Morgan fingerprint density at radius 1 is 1.17 bits per heavy atom. The zero-order chi connectivity index (χ0) is 16.8. The highest BCUT2D eigenvalue weighted by Crippen LogP contribution is 2.13. The van der Waals surface area contributed by atoms with E-state index in [4.69, 9.17) is 0 Å². The van der Waals surface area contributed by atoms with Crippen molar-refractivity contribution in [3.63, 3.8) is 0 Å². The average molecular weight is 321 g/mol. The van der Waals surface area contributed by atoms with Crippen LogP contribution in [0, 0.1) is 6.92 Å². The summed E-state index contributed by atoms with van der Waals surface area (Å²) in [5.41, 5.74) is 2.80. The molecule has 0 fully saturated rings. The second kappa shape index (κ2) is 7.41. The molecule has 6 nitrogen and oxygen atoms in total. The first-order valence-corrected chi connectivity index (χ1v) is 7.73. The summed E-state index contributed by atoms with van der Waals surface area (Å²) >= 11 is 0. The molecule has 2 heterocycles. The van der Waals surface area contributed by atoms with Gasteiger partial charge in [-0.1, -0.05) is 18.2 Å². The van der Waals surface area contributed by atoms with Crippen LogP contribution in [-0.4, -0.2) is 20.7 Å². The second-order valence-electron chi connectivity index (χ2n) is 5.47. The van der Waals surface area contributed by atoms with Crippen molar-refractivity contribution in [2.24, 2.45) is 0 Å². The van der Waals surface area contributed by atoms with Crippen molar-refractivity contribution in [1.29, 1.82) is 0 Å². The molecule has 122 valence electrons. The molecule has 0 aliphatic rings. The number of amides is 1. The summed E-state index contributed by atoms with van der Waals surface area (Å²) in [4.78, 5) is 16.4. The van der Waals surface area contributed by atoms with Gasteiger partial charge in [0.25, 0.3) is 0 Å². The van der Waals surface area contributed by atoms with E-state index in [2.05, 4.69) is 20.7 Å². The van der Waals surface area contributed by atoms with Crippen LogP contribution in [-0.2, 0) is 17.9 Å². The molecule has 0 radical (unpaired) electrons. The molecular formula is C18H19N5O. The molecule has 0 saturated heterocycles. The Morgan fingerprint density at radius 2 is 2.04 bits per heavy atom. The number of benzene rings is 1. The van der Waals surface area contributed by atoms with Gasteiger partial charge >= 0.3 is 0 Å². The van der Waals surface area contributed by atoms with Gasteiger partial charge in [-0.05, 0) is 42.8 Å². The molecule has 6 heteroatoms. The Morgan fingerprint density at radius 3 is 2.83 bits per heavy atom. The topological polar surface area (TPSA) is 71.8 Å². The molecule has 0 atom stereocenters. The van der Waals surface area contributed by atoms with Crippen molar-refractivity contribution in [3.05, 3.63) is 72.2 Å². The van der Waals surface area contributed by atoms with E-state index in [1.165, 1.54) is 0 Å². The predicted octanol–water partition coefficient (Wildman–Crippen LogP) is 2.84. The first-order valence-electron chi connectivity index (χ1n) is 7.73. The number of pyridine rings is 1. The number of carbonyl (C=O) groups is 1. The maximum absolute atomic E-state index is 12.0. The van der Waals surface area contributed by atoms with Crippen LogP contribution in [0.25, 0.3) is 0 Å². The Balaban J connectivity index is 1.58. The highest BCUT2D eigenvalue weighted by atomic mass is 16.2. The minimum Gasteiger partial charge on any atom is -0.366 e. The summed E-state index contributed by atoms with van der Waals surface area (Å²) < 4.78 is 1.59. The first-order chi connectivity index (χ1) is 11.7. The lowest BCUT2D eigenvalue weighted by atomic mass is 10.2. The summed E-state index contributed by atoms with van der Waals surface area (Å²) in [6.07, 6.45) is 3.41. The third-order valence-corrected chi connectivity index (χ3v) is 3.44. The van der Waals surface area contributed by atoms with Crippen LogP contribution in [0.4, 0.5) is 11.5 Å². The molecule has 2 N–H and O–H groups in total. The molecule has 0 bridgehead atoms. The van der Waals surface area contributed by atoms with Crippen molar-refractivity contribution in [3.8, 4) is 0 Å². The maximum atomic E-state index is 12.0. The lowest BCUT2D eigenvalue weighted by Gasteiger charge is -2.09. The fourth-order valence-electron chi connectivity index (χ4n) is 2.33. The molecule has 3 rings (SSSR count). The SMILES string of the molecule is Cc1cccc(NCc2cccc(NC(=O)Cn3cccn3)c2)n1. The van der Waals surface area contributed by atoms with Gasteiger partial charge in [-0.15, -0.1) is 0 Å². The molecule has 0 unspecified atom stereocenters. The molecule has 1 amide bonds. The van der Waals surface area contributed by atoms with Crippen LogP contribution < -0.4 is 10.6 Å². The number of carbonyl (C=O) groups excluding carboxylic acids is 1. The number of hydrogen-bond donors (Lipinski definition) is 2. The summed E-state index contributed by atoms with van der Waals surface area (Å²) in [6, 6.07) is 15.4. The number of hydrogen-bond acceptors (Lipinski definition) is 4. The van der Waals surface area contributed by atoms with E-state index in [0.29, 0.717) is 6.54 Å². The number of nitrogens with zero attached hydrogens (tertiary/aromatic N) is 3. The van der Waals surface area contributed by atoms with E-state index in [9.17, 15) is 4.79 Å². The zero-order valence-corrected chi connectivity index (χ0v) is 13.4. The van der Waals surface area contributed by atoms with Crippen LogP contribution in [0.5, 0.6) is 0 Å². The van der Waals surface area contributed by atoms with Gasteiger partial charge < -0.3 is 10.6 Å². The molecule has 0 saturated carbocycles. The van der Waals surface area contributed by atoms with Crippen LogP contribution >= 0.6 is 0 Å². The van der Waals surface area contributed by atoms with Crippen molar-refractivity contribution in [2.75, 3.05) is 10.6 Å². The Bertz CT molecular complexity index is 814. The molecule has 0 aliphatic heterocycles. The van der Waals surface area contributed by atoms with Gasteiger partial charge in [0.15, 0.2) is 0 Å². The van der Waals surface area contributed by atoms with E-state index in [1.807, 2.05) is 49.4 Å². The van der Waals surface area contributed by atoms with E-state index in [0.717, 1.165) is 22.8 Å². The zero-order valence-electron chi connectivity index (χ0n) is 13.4. The van der Waals surface area contributed by atoms with Crippen LogP contribution in [0.3, 0.4) is 0 Å². The Labute approximate surface area is 140 Å². The minimum absolute atomic E-state index is 0.107. The highest BCUT2D eigenvalue weighted by Gasteiger charge is 2.04. The van der Waals surface area contributed by atoms with Gasteiger partial charge in [0.05, 0.1) is 0 Å². The van der Waals surface area contributed by atoms with Gasteiger partial charge in [0.1, 0.15) is 12.4 Å². The molecule has 24 heavy (non-hydrogen) atoms. The van der Waals surface area contributed by atoms with Crippen molar-refractivity contribution >= 4 is 17.4 Å². The molecule has 2 aromatic heterocycles. The Hall–Kier alpha value is -3.15. The van der Waals surface area contributed by atoms with Crippen LogP contribution in [0.15, 0.2) is 60.9 Å². The number of nitrogens with one attached hydrogen (secondary N) is 2. The predicted molar refractivity (Wildman–Crippen MR) is 93.6 cm³/mol. The standard InChI is InChI=1S/C18H19N5O/c1-14-5-2-8-17(21-14)19-12-15-6-3-7-16(11-15)22-18(24)13-23-10-4-9-20-23/h2-11H,12-13H2,1H3,(H,19,21)(H,22,24). The summed E-state index contributed by atoms with van der Waals surface area (Å²) in [6.45, 7) is 2.79.